The largest absolute Gasteiger partial charge is 0.490 e. The number of carbonyl (C=O) groups excluding carboxylic acids is 3. The average molecular weight is 569 g/mol. The lowest BCUT2D eigenvalue weighted by molar-refractivity contribution is -0.123. The van der Waals surface area contributed by atoms with Crippen LogP contribution in [0.1, 0.15) is 29.2 Å². The first-order valence-corrected chi connectivity index (χ1v) is 13.3. The number of halogens is 2. The Labute approximate surface area is 234 Å². The molecule has 1 N–H and O–H groups in total. The third kappa shape index (κ3) is 6.79. The lowest BCUT2D eigenvalue weighted by Gasteiger charge is -2.14. The lowest BCUT2D eigenvalue weighted by Crippen LogP contribution is -2.28. The highest BCUT2D eigenvalue weighted by Crippen LogP contribution is 2.36. The second-order valence-corrected chi connectivity index (χ2v) is 10.2. The van der Waals surface area contributed by atoms with Crippen molar-refractivity contribution in [3.8, 4) is 11.5 Å². The maximum Gasteiger partial charge on any atom is 0.293 e. The van der Waals surface area contributed by atoms with Gasteiger partial charge in [-0.2, -0.15) is 0 Å². The second-order valence-electron chi connectivity index (χ2n) is 8.76. The lowest BCUT2D eigenvalue weighted by atomic mass is 10.1. The van der Waals surface area contributed by atoms with Crippen LogP contribution in [0.4, 0.5) is 14.9 Å². The minimum atomic E-state index is -0.592. The van der Waals surface area contributed by atoms with Gasteiger partial charge < -0.3 is 14.8 Å². The second kappa shape index (κ2) is 12.4. The fraction of sp³-hybridized carbons (Fsp3) is 0.207. The van der Waals surface area contributed by atoms with Crippen molar-refractivity contribution >= 4 is 52.2 Å². The van der Waals surface area contributed by atoms with Gasteiger partial charge in [0.25, 0.3) is 17.1 Å². The van der Waals surface area contributed by atoms with Gasteiger partial charge in [0, 0.05) is 16.3 Å². The Hall–Kier alpha value is -3.82. The predicted molar refractivity (Wildman–Crippen MR) is 151 cm³/mol. The number of thioether (sulfide) groups is 1. The Bertz CT molecular complexity index is 1460. The van der Waals surface area contributed by atoms with E-state index in [1.54, 1.807) is 24.3 Å². The number of hydrogen-bond donors (Lipinski definition) is 1. The number of ether oxygens (including phenoxy) is 2. The van der Waals surface area contributed by atoms with Crippen LogP contribution in [0, 0.1) is 19.7 Å². The van der Waals surface area contributed by atoms with Gasteiger partial charge in [0.05, 0.1) is 18.1 Å². The van der Waals surface area contributed by atoms with Crippen molar-refractivity contribution < 1.29 is 28.2 Å². The number of anilines is 1. The van der Waals surface area contributed by atoms with Crippen LogP contribution in [0.15, 0.2) is 59.5 Å². The van der Waals surface area contributed by atoms with E-state index in [1.807, 2.05) is 39.0 Å². The molecule has 1 saturated heterocycles. The van der Waals surface area contributed by atoms with Crippen LogP contribution in [0.3, 0.4) is 0 Å². The third-order valence-electron chi connectivity index (χ3n) is 5.83. The van der Waals surface area contributed by atoms with Crippen molar-refractivity contribution in [1.29, 1.82) is 0 Å². The molecule has 0 aliphatic carbocycles. The number of imide groups is 1. The maximum absolute atomic E-state index is 14.2. The topological polar surface area (TPSA) is 84.9 Å². The molecule has 1 heterocycles. The standard InChI is InChI=1S/C29H26ClFN2O5S/c1-4-37-25-13-19(9-11-24(25)38-16-27(34)32-23-10-8-17(2)12-18(23)3)14-26-28(35)33(29(36)39-26)15-20-21(30)6-5-7-22(20)31/h5-14H,4,15-16H2,1-3H3,(H,32,34)/b26-14-. The molecule has 3 amide bonds. The van der Waals surface area contributed by atoms with Crippen LogP contribution in [-0.2, 0) is 16.1 Å². The highest BCUT2D eigenvalue weighted by molar-refractivity contribution is 8.18. The monoisotopic (exact) mass is 568 g/mol. The van der Waals surface area contributed by atoms with Crippen LogP contribution in [0.2, 0.25) is 5.02 Å². The Balaban J connectivity index is 1.46. The molecule has 3 aromatic rings. The van der Waals surface area contributed by atoms with Crippen molar-refractivity contribution in [2.45, 2.75) is 27.3 Å². The summed E-state index contributed by atoms with van der Waals surface area (Å²) in [6, 6.07) is 14.9. The summed E-state index contributed by atoms with van der Waals surface area (Å²) in [5.41, 5.74) is 3.41. The molecule has 39 heavy (non-hydrogen) atoms. The van der Waals surface area contributed by atoms with Crippen molar-refractivity contribution in [3.63, 3.8) is 0 Å². The Morgan fingerprint density at radius 2 is 1.87 bits per heavy atom. The fourth-order valence-corrected chi connectivity index (χ4v) is 4.98. The number of nitrogens with one attached hydrogen (secondary N) is 1. The summed E-state index contributed by atoms with van der Waals surface area (Å²) in [5.74, 6) is -0.733. The van der Waals surface area contributed by atoms with E-state index >= 15 is 0 Å². The van der Waals surface area contributed by atoms with Crippen LogP contribution in [0.25, 0.3) is 6.08 Å². The van der Waals surface area contributed by atoms with Gasteiger partial charge in [-0.1, -0.05) is 41.4 Å². The molecule has 3 aromatic carbocycles. The summed E-state index contributed by atoms with van der Waals surface area (Å²) in [6.45, 7) is 5.54. The van der Waals surface area contributed by atoms with Crippen LogP contribution < -0.4 is 14.8 Å². The Kier molecular flexibility index (Phi) is 8.93. The molecule has 4 rings (SSSR count). The molecule has 0 aromatic heterocycles. The molecule has 0 saturated carbocycles. The first kappa shape index (κ1) is 28.2. The van der Waals surface area contributed by atoms with E-state index in [9.17, 15) is 18.8 Å². The number of nitrogens with zero attached hydrogens (tertiary/aromatic N) is 1. The summed E-state index contributed by atoms with van der Waals surface area (Å²) in [7, 11) is 0. The van der Waals surface area contributed by atoms with Gasteiger partial charge >= 0.3 is 0 Å². The van der Waals surface area contributed by atoms with Gasteiger partial charge in [0.15, 0.2) is 18.1 Å². The van der Waals surface area contributed by atoms with Crippen molar-refractivity contribution in [2.75, 3.05) is 18.5 Å². The minimum absolute atomic E-state index is 0.0735. The van der Waals surface area contributed by atoms with E-state index in [4.69, 9.17) is 21.1 Å². The number of amides is 3. The maximum atomic E-state index is 14.2. The van der Waals surface area contributed by atoms with E-state index in [0.717, 1.165) is 27.8 Å². The number of aryl methyl sites for hydroxylation is 2. The van der Waals surface area contributed by atoms with Gasteiger partial charge in [0.1, 0.15) is 5.82 Å². The molecule has 202 valence electrons. The van der Waals surface area contributed by atoms with E-state index in [0.29, 0.717) is 29.4 Å². The van der Waals surface area contributed by atoms with E-state index in [-0.39, 0.29) is 34.6 Å². The molecule has 0 atom stereocenters. The van der Waals surface area contributed by atoms with Crippen LogP contribution in [-0.4, -0.2) is 35.2 Å². The fourth-order valence-electron chi connectivity index (χ4n) is 3.91. The highest BCUT2D eigenvalue weighted by Gasteiger charge is 2.36. The summed E-state index contributed by atoms with van der Waals surface area (Å²) in [5, 5.41) is 2.45. The van der Waals surface area contributed by atoms with Crippen molar-refractivity contribution in [3.05, 3.63) is 92.6 Å². The summed E-state index contributed by atoms with van der Waals surface area (Å²) in [4.78, 5) is 39.1. The van der Waals surface area contributed by atoms with Gasteiger partial charge in [0.2, 0.25) is 0 Å². The molecular formula is C29H26ClFN2O5S. The molecular weight excluding hydrogens is 543 g/mol. The predicted octanol–water partition coefficient (Wildman–Crippen LogP) is 6.75. The van der Waals surface area contributed by atoms with Crippen LogP contribution >= 0.6 is 23.4 Å². The van der Waals surface area contributed by atoms with E-state index < -0.39 is 17.0 Å². The quantitative estimate of drug-likeness (QED) is 0.287. The molecule has 1 aliphatic heterocycles. The molecule has 10 heteroatoms. The third-order valence-corrected chi connectivity index (χ3v) is 7.09. The van der Waals surface area contributed by atoms with Gasteiger partial charge in [-0.25, -0.2) is 4.39 Å². The molecule has 1 fully saturated rings. The summed E-state index contributed by atoms with van der Waals surface area (Å²) < 4.78 is 25.6. The normalized spacial score (nSPS) is 14.2. The van der Waals surface area contributed by atoms with Gasteiger partial charge in [-0.15, -0.1) is 0 Å². The molecule has 0 spiro atoms. The first-order valence-electron chi connectivity index (χ1n) is 12.1. The van der Waals surface area contributed by atoms with Crippen LogP contribution in [0.5, 0.6) is 11.5 Å². The molecule has 0 bridgehead atoms. The summed E-state index contributed by atoms with van der Waals surface area (Å²) >= 11 is 6.82. The Morgan fingerprint density at radius 3 is 2.59 bits per heavy atom. The molecule has 7 nitrogen and oxygen atoms in total. The zero-order valence-corrected chi connectivity index (χ0v) is 23.1. The minimum Gasteiger partial charge on any atom is -0.490 e. The van der Waals surface area contributed by atoms with Crippen molar-refractivity contribution in [2.24, 2.45) is 0 Å². The number of hydrogen-bond acceptors (Lipinski definition) is 6. The molecule has 0 radical (unpaired) electrons. The van der Waals surface area contributed by atoms with E-state index in [1.165, 1.54) is 18.2 Å². The number of carbonyl (C=O) groups is 3. The Morgan fingerprint density at radius 1 is 1.08 bits per heavy atom. The smallest absolute Gasteiger partial charge is 0.293 e. The zero-order valence-electron chi connectivity index (χ0n) is 21.5. The van der Waals surface area contributed by atoms with Gasteiger partial charge in [-0.05, 0) is 80.1 Å². The molecule has 0 unspecified atom stereocenters. The van der Waals surface area contributed by atoms with E-state index in [2.05, 4.69) is 5.32 Å². The average Bonchev–Trinajstić information content (AvgIpc) is 3.14. The zero-order chi connectivity index (χ0) is 28.1. The van der Waals surface area contributed by atoms with Gasteiger partial charge in [-0.3, -0.25) is 19.3 Å². The highest BCUT2D eigenvalue weighted by atomic mass is 35.5. The summed E-state index contributed by atoms with van der Waals surface area (Å²) in [6.07, 6.45) is 1.55. The SMILES string of the molecule is CCOc1cc(/C=C2\SC(=O)N(Cc3c(F)cccc3Cl)C2=O)ccc1OCC(=O)Nc1ccc(C)cc1C. The number of rotatable bonds is 9. The van der Waals surface area contributed by atoms with Crippen molar-refractivity contribution in [1.82, 2.24) is 4.90 Å². The molecule has 1 aliphatic rings. The first-order chi connectivity index (χ1) is 18.7. The number of benzene rings is 3.